The van der Waals surface area contributed by atoms with Crippen LogP contribution in [0, 0.1) is 12.3 Å². The fourth-order valence-corrected chi connectivity index (χ4v) is 1.60. The van der Waals surface area contributed by atoms with E-state index in [1.807, 2.05) is 0 Å². The standard InChI is InChI=1S/C10H17N/c1-2-8-11-9-6-4-3-5-7-10-11/h1H,3-10H2. The molecule has 1 saturated heterocycles. The zero-order chi connectivity index (χ0) is 7.94. The molecule has 0 spiro atoms. The molecule has 0 amide bonds. The third kappa shape index (κ3) is 3.43. The van der Waals surface area contributed by atoms with Gasteiger partial charge in [0.2, 0.25) is 0 Å². The van der Waals surface area contributed by atoms with Crippen molar-refractivity contribution < 1.29 is 0 Å². The van der Waals surface area contributed by atoms with Gasteiger partial charge in [-0.25, -0.2) is 0 Å². The molecule has 0 aromatic carbocycles. The minimum absolute atomic E-state index is 0.847. The van der Waals surface area contributed by atoms with Crippen molar-refractivity contribution in [2.75, 3.05) is 19.6 Å². The van der Waals surface area contributed by atoms with Crippen LogP contribution in [-0.2, 0) is 0 Å². The molecule has 0 saturated carbocycles. The molecule has 62 valence electrons. The van der Waals surface area contributed by atoms with E-state index in [0.717, 1.165) is 6.54 Å². The van der Waals surface area contributed by atoms with Crippen LogP contribution in [0.25, 0.3) is 0 Å². The molecule has 0 N–H and O–H groups in total. The van der Waals surface area contributed by atoms with Crippen molar-refractivity contribution in [2.45, 2.75) is 32.1 Å². The molecule has 1 heterocycles. The molecule has 11 heavy (non-hydrogen) atoms. The predicted molar refractivity (Wildman–Crippen MR) is 48.4 cm³/mol. The smallest absolute Gasteiger partial charge is 0.0598 e. The van der Waals surface area contributed by atoms with Gasteiger partial charge in [-0.1, -0.05) is 25.2 Å². The SMILES string of the molecule is C#CCN1CCCCCCC1. The first kappa shape index (κ1) is 8.62. The highest BCUT2D eigenvalue weighted by molar-refractivity contribution is 4.88. The maximum atomic E-state index is 5.26. The molecule has 0 aromatic rings. The third-order valence-electron chi connectivity index (χ3n) is 2.26. The van der Waals surface area contributed by atoms with Gasteiger partial charge in [-0.3, -0.25) is 4.90 Å². The molecule has 1 heteroatoms. The van der Waals surface area contributed by atoms with Crippen molar-refractivity contribution >= 4 is 0 Å². The maximum Gasteiger partial charge on any atom is 0.0598 e. The van der Waals surface area contributed by atoms with E-state index in [4.69, 9.17) is 6.42 Å². The molecule has 0 atom stereocenters. The summed E-state index contributed by atoms with van der Waals surface area (Å²) in [5.41, 5.74) is 0. The summed E-state index contributed by atoms with van der Waals surface area (Å²) in [5, 5.41) is 0. The molecule has 0 unspecified atom stereocenters. The van der Waals surface area contributed by atoms with Crippen molar-refractivity contribution in [3.8, 4) is 12.3 Å². The summed E-state index contributed by atoms with van der Waals surface area (Å²) < 4.78 is 0. The lowest BCUT2D eigenvalue weighted by Crippen LogP contribution is -2.27. The third-order valence-corrected chi connectivity index (χ3v) is 2.26. The first-order valence-electron chi connectivity index (χ1n) is 4.59. The fraction of sp³-hybridized carbons (Fsp3) is 0.800. The summed E-state index contributed by atoms with van der Waals surface area (Å²) >= 11 is 0. The summed E-state index contributed by atoms with van der Waals surface area (Å²) in [6, 6.07) is 0. The molecule has 0 bridgehead atoms. The number of likely N-dealkylation sites (tertiary alicyclic amines) is 1. The van der Waals surface area contributed by atoms with Gasteiger partial charge < -0.3 is 0 Å². The Kier molecular flexibility index (Phi) is 4.08. The number of terminal acetylenes is 1. The number of hydrogen-bond acceptors (Lipinski definition) is 1. The first-order chi connectivity index (χ1) is 5.43. The van der Waals surface area contributed by atoms with Crippen LogP contribution in [-0.4, -0.2) is 24.5 Å². The molecule has 1 aliphatic heterocycles. The highest BCUT2D eigenvalue weighted by atomic mass is 15.1. The van der Waals surface area contributed by atoms with Crippen LogP contribution in [0.2, 0.25) is 0 Å². The van der Waals surface area contributed by atoms with Gasteiger partial charge in [-0.2, -0.15) is 0 Å². The molecular formula is C10H17N. The fourth-order valence-electron chi connectivity index (χ4n) is 1.60. The minimum atomic E-state index is 0.847. The van der Waals surface area contributed by atoms with Crippen LogP contribution in [0.1, 0.15) is 32.1 Å². The van der Waals surface area contributed by atoms with Crippen molar-refractivity contribution in [3.63, 3.8) is 0 Å². The highest BCUT2D eigenvalue weighted by Gasteiger charge is 2.05. The van der Waals surface area contributed by atoms with Gasteiger partial charge >= 0.3 is 0 Å². The van der Waals surface area contributed by atoms with E-state index in [9.17, 15) is 0 Å². The lowest BCUT2D eigenvalue weighted by Gasteiger charge is -2.21. The minimum Gasteiger partial charge on any atom is -0.292 e. The highest BCUT2D eigenvalue weighted by Crippen LogP contribution is 2.09. The molecule has 0 aromatic heterocycles. The van der Waals surface area contributed by atoms with Crippen LogP contribution in [0.5, 0.6) is 0 Å². The molecular weight excluding hydrogens is 134 g/mol. The lowest BCUT2D eigenvalue weighted by molar-refractivity contribution is 0.275. The van der Waals surface area contributed by atoms with Crippen LogP contribution >= 0.6 is 0 Å². The van der Waals surface area contributed by atoms with Crippen molar-refractivity contribution in [1.82, 2.24) is 4.90 Å². The second-order valence-electron chi connectivity index (χ2n) is 3.25. The van der Waals surface area contributed by atoms with Crippen molar-refractivity contribution in [2.24, 2.45) is 0 Å². The van der Waals surface area contributed by atoms with E-state index in [2.05, 4.69) is 10.8 Å². The molecule has 0 aliphatic carbocycles. The average molecular weight is 151 g/mol. The summed E-state index contributed by atoms with van der Waals surface area (Å²) in [6.07, 6.45) is 12.1. The first-order valence-corrected chi connectivity index (χ1v) is 4.59. The van der Waals surface area contributed by atoms with E-state index >= 15 is 0 Å². The van der Waals surface area contributed by atoms with E-state index in [0.29, 0.717) is 0 Å². The Bertz CT molecular complexity index is 126. The van der Waals surface area contributed by atoms with Crippen LogP contribution < -0.4 is 0 Å². The Hall–Kier alpha value is -0.480. The van der Waals surface area contributed by atoms with Crippen molar-refractivity contribution in [3.05, 3.63) is 0 Å². The number of rotatable bonds is 1. The van der Waals surface area contributed by atoms with E-state index in [1.165, 1.54) is 45.2 Å². The Morgan fingerprint density at radius 1 is 1.00 bits per heavy atom. The lowest BCUT2D eigenvalue weighted by atomic mass is 10.1. The van der Waals surface area contributed by atoms with Gasteiger partial charge in [0.1, 0.15) is 0 Å². The van der Waals surface area contributed by atoms with Crippen LogP contribution in [0.3, 0.4) is 0 Å². The van der Waals surface area contributed by atoms with E-state index < -0.39 is 0 Å². The summed E-state index contributed by atoms with van der Waals surface area (Å²) in [4.78, 5) is 2.39. The Morgan fingerprint density at radius 2 is 1.55 bits per heavy atom. The van der Waals surface area contributed by atoms with Gasteiger partial charge in [0.15, 0.2) is 0 Å². The molecule has 1 aliphatic rings. The van der Waals surface area contributed by atoms with Gasteiger partial charge in [-0.05, 0) is 25.9 Å². The summed E-state index contributed by atoms with van der Waals surface area (Å²) in [5.74, 6) is 2.71. The summed E-state index contributed by atoms with van der Waals surface area (Å²) in [7, 11) is 0. The van der Waals surface area contributed by atoms with Gasteiger partial charge in [0.25, 0.3) is 0 Å². The quantitative estimate of drug-likeness (QED) is 0.517. The maximum absolute atomic E-state index is 5.26. The van der Waals surface area contributed by atoms with Crippen molar-refractivity contribution in [1.29, 1.82) is 0 Å². The normalized spacial score (nSPS) is 21.7. The second-order valence-corrected chi connectivity index (χ2v) is 3.25. The van der Waals surface area contributed by atoms with E-state index in [-0.39, 0.29) is 0 Å². The Morgan fingerprint density at radius 3 is 2.09 bits per heavy atom. The van der Waals surface area contributed by atoms with Gasteiger partial charge in [0.05, 0.1) is 6.54 Å². The molecule has 0 radical (unpaired) electrons. The largest absolute Gasteiger partial charge is 0.292 e. The second kappa shape index (κ2) is 5.21. The van der Waals surface area contributed by atoms with E-state index in [1.54, 1.807) is 0 Å². The Balaban J connectivity index is 2.21. The van der Waals surface area contributed by atoms with Gasteiger partial charge in [-0.15, -0.1) is 6.42 Å². The topological polar surface area (TPSA) is 3.24 Å². The molecule has 1 fully saturated rings. The Labute approximate surface area is 69.8 Å². The monoisotopic (exact) mass is 151 g/mol. The van der Waals surface area contributed by atoms with Crippen LogP contribution in [0.15, 0.2) is 0 Å². The molecule has 1 rings (SSSR count). The zero-order valence-electron chi connectivity index (χ0n) is 7.18. The zero-order valence-corrected chi connectivity index (χ0v) is 7.18. The van der Waals surface area contributed by atoms with Crippen LogP contribution in [0.4, 0.5) is 0 Å². The number of hydrogen-bond donors (Lipinski definition) is 0. The predicted octanol–water partition coefficient (Wildman–Crippen LogP) is 1.89. The number of nitrogens with zero attached hydrogens (tertiary/aromatic N) is 1. The summed E-state index contributed by atoms with van der Waals surface area (Å²) in [6.45, 7) is 3.27. The average Bonchev–Trinajstić information content (AvgIpc) is 1.94. The van der Waals surface area contributed by atoms with Gasteiger partial charge in [0, 0.05) is 0 Å². The molecule has 1 nitrogen and oxygen atoms in total.